The maximum Gasteiger partial charge on any atom is 0.203 e. The van der Waals surface area contributed by atoms with Crippen molar-refractivity contribution >= 4 is 5.78 Å². The van der Waals surface area contributed by atoms with Crippen LogP contribution in [0.5, 0.6) is 5.75 Å². The molecule has 0 saturated heterocycles. The number of hydrogen-bond donors (Lipinski definition) is 0. The molecule has 2 nitrogen and oxygen atoms in total. The lowest BCUT2D eigenvalue weighted by atomic mass is 9.87. The topological polar surface area (TPSA) is 26.3 Å². The second-order valence-electron chi connectivity index (χ2n) is 5.55. The molecule has 1 aromatic rings. The average molecular weight is 320 g/mol. The lowest BCUT2D eigenvalue weighted by Crippen LogP contribution is -2.26. The number of halogens is 4. The quantitative estimate of drug-likeness (QED) is 0.515. The van der Waals surface area contributed by atoms with Gasteiger partial charge in [-0.3, -0.25) is 4.79 Å². The Morgan fingerprint density at radius 2 is 1.68 bits per heavy atom. The minimum absolute atomic E-state index is 0.0431. The fourth-order valence-electron chi connectivity index (χ4n) is 2.22. The summed E-state index contributed by atoms with van der Waals surface area (Å²) in [5.74, 6) is -8.20. The van der Waals surface area contributed by atoms with Crippen molar-refractivity contribution in [3.8, 4) is 5.75 Å². The highest BCUT2D eigenvalue weighted by atomic mass is 19.2. The zero-order chi connectivity index (χ0) is 16.9. The van der Waals surface area contributed by atoms with Gasteiger partial charge in [0.2, 0.25) is 11.6 Å². The Bertz CT molecular complexity index is 503. The zero-order valence-electron chi connectivity index (χ0n) is 12.9. The van der Waals surface area contributed by atoms with Gasteiger partial charge in [-0.2, -0.15) is 8.78 Å². The molecule has 0 aliphatic heterocycles. The van der Waals surface area contributed by atoms with Crippen LogP contribution >= 0.6 is 0 Å². The normalized spacial score (nSPS) is 12.5. The van der Waals surface area contributed by atoms with Crippen LogP contribution in [-0.2, 0) is 4.79 Å². The van der Waals surface area contributed by atoms with Gasteiger partial charge in [0.05, 0.1) is 0 Å². The van der Waals surface area contributed by atoms with E-state index in [-0.39, 0.29) is 23.7 Å². The van der Waals surface area contributed by atoms with Gasteiger partial charge >= 0.3 is 0 Å². The van der Waals surface area contributed by atoms with E-state index in [9.17, 15) is 22.4 Å². The molecule has 0 fully saturated rings. The Balaban J connectivity index is 2.83. The minimum atomic E-state index is -1.64. The number of Topliss-reactive ketones (excluding diaryl/α,β-unsaturated/α-hetero) is 1. The van der Waals surface area contributed by atoms with Gasteiger partial charge in [0.1, 0.15) is 6.61 Å². The summed E-state index contributed by atoms with van der Waals surface area (Å²) in [7, 11) is 0. The number of ether oxygens (including phenoxy) is 1. The van der Waals surface area contributed by atoms with Crippen LogP contribution in [0.15, 0.2) is 6.07 Å². The van der Waals surface area contributed by atoms with Crippen LogP contribution in [-0.4, -0.2) is 12.4 Å². The molecule has 0 aliphatic carbocycles. The monoisotopic (exact) mass is 320 g/mol. The zero-order valence-corrected chi connectivity index (χ0v) is 12.9. The molecule has 22 heavy (non-hydrogen) atoms. The molecular formula is C16H20F4O2. The highest BCUT2D eigenvalue weighted by molar-refractivity contribution is 5.82. The van der Waals surface area contributed by atoms with Crippen LogP contribution in [0.3, 0.4) is 0 Å². The lowest BCUT2D eigenvalue weighted by Gasteiger charge is -2.19. The van der Waals surface area contributed by atoms with Crippen molar-refractivity contribution in [1.82, 2.24) is 0 Å². The van der Waals surface area contributed by atoms with Gasteiger partial charge in [-0.1, -0.05) is 33.6 Å². The number of benzene rings is 1. The van der Waals surface area contributed by atoms with Crippen molar-refractivity contribution in [2.75, 3.05) is 6.61 Å². The molecule has 0 aromatic heterocycles. The summed E-state index contributed by atoms with van der Waals surface area (Å²) in [4.78, 5) is 12.1. The predicted molar refractivity (Wildman–Crippen MR) is 74.6 cm³/mol. The molecule has 1 rings (SSSR count). The summed E-state index contributed by atoms with van der Waals surface area (Å²) >= 11 is 0. The van der Waals surface area contributed by atoms with Crippen LogP contribution in [0.1, 0.15) is 40.0 Å². The third-order valence-corrected chi connectivity index (χ3v) is 3.52. The fraction of sp³-hybridized carbons (Fsp3) is 0.562. The molecule has 0 spiro atoms. The molecule has 0 N–H and O–H groups in total. The number of carbonyl (C=O) groups excluding carboxylic acids is 1. The molecule has 6 heteroatoms. The first-order valence-corrected chi connectivity index (χ1v) is 7.28. The van der Waals surface area contributed by atoms with Crippen LogP contribution in [0.2, 0.25) is 0 Å². The highest BCUT2D eigenvalue weighted by Gasteiger charge is 2.25. The third kappa shape index (κ3) is 4.45. The SMILES string of the molecule is CCCCC(C(=O)COc1c(F)c(F)cc(F)c1F)C(C)C. The molecule has 0 bridgehead atoms. The lowest BCUT2D eigenvalue weighted by molar-refractivity contribution is -0.126. The predicted octanol–water partition coefficient (Wildman–Crippen LogP) is 4.65. The Hall–Kier alpha value is -1.59. The van der Waals surface area contributed by atoms with Crippen molar-refractivity contribution in [1.29, 1.82) is 0 Å². The summed E-state index contributed by atoms with van der Waals surface area (Å²) in [5.41, 5.74) is 0. The molecule has 124 valence electrons. The van der Waals surface area contributed by atoms with Gasteiger partial charge in [-0.15, -0.1) is 0 Å². The molecule has 0 aliphatic rings. The van der Waals surface area contributed by atoms with Gasteiger partial charge in [-0.25, -0.2) is 8.78 Å². The number of ketones is 1. The summed E-state index contributed by atoms with van der Waals surface area (Å²) in [6, 6.07) is 0.0948. The van der Waals surface area contributed by atoms with E-state index in [2.05, 4.69) is 0 Å². The third-order valence-electron chi connectivity index (χ3n) is 3.52. The van der Waals surface area contributed by atoms with Crippen molar-refractivity contribution in [3.63, 3.8) is 0 Å². The van der Waals surface area contributed by atoms with Crippen LogP contribution in [0, 0.1) is 35.1 Å². The van der Waals surface area contributed by atoms with Crippen LogP contribution in [0.4, 0.5) is 17.6 Å². The number of rotatable bonds is 8. The van der Waals surface area contributed by atoms with Crippen molar-refractivity contribution in [3.05, 3.63) is 29.3 Å². The number of carbonyl (C=O) groups is 1. The van der Waals surface area contributed by atoms with Crippen molar-refractivity contribution < 1.29 is 27.1 Å². The molecular weight excluding hydrogens is 300 g/mol. The van der Waals surface area contributed by atoms with E-state index in [0.717, 1.165) is 12.8 Å². The highest BCUT2D eigenvalue weighted by Crippen LogP contribution is 2.27. The van der Waals surface area contributed by atoms with Crippen LogP contribution in [0.25, 0.3) is 0 Å². The molecule has 1 atom stereocenters. The van der Waals surface area contributed by atoms with Gasteiger partial charge in [0.25, 0.3) is 0 Å². The smallest absolute Gasteiger partial charge is 0.203 e. The maximum atomic E-state index is 13.4. The van der Waals surface area contributed by atoms with Crippen LogP contribution < -0.4 is 4.74 Å². The van der Waals surface area contributed by atoms with E-state index in [4.69, 9.17) is 4.74 Å². The van der Waals surface area contributed by atoms with Gasteiger partial charge in [0.15, 0.2) is 23.2 Å². The van der Waals surface area contributed by atoms with Gasteiger partial charge in [0, 0.05) is 12.0 Å². The van der Waals surface area contributed by atoms with E-state index in [0.29, 0.717) is 6.42 Å². The summed E-state index contributed by atoms with van der Waals surface area (Å²) in [6.45, 7) is 5.09. The Morgan fingerprint density at radius 1 is 1.14 bits per heavy atom. The van der Waals surface area contributed by atoms with E-state index in [1.165, 1.54) is 0 Å². The Morgan fingerprint density at radius 3 is 2.14 bits per heavy atom. The van der Waals surface area contributed by atoms with E-state index >= 15 is 0 Å². The molecule has 1 aromatic carbocycles. The summed E-state index contributed by atoms with van der Waals surface area (Å²) in [5, 5.41) is 0. The summed E-state index contributed by atoms with van der Waals surface area (Å²) < 4.78 is 57.7. The average Bonchev–Trinajstić information content (AvgIpc) is 2.45. The number of unbranched alkanes of at least 4 members (excludes halogenated alkanes) is 1. The second-order valence-corrected chi connectivity index (χ2v) is 5.55. The molecule has 0 radical (unpaired) electrons. The van der Waals surface area contributed by atoms with Gasteiger partial charge < -0.3 is 4.74 Å². The second kappa shape index (κ2) is 8.15. The fourth-order valence-corrected chi connectivity index (χ4v) is 2.22. The number of hydrogen-bond acceptors (Lipinski definition) is 2. The van der Waals surface area contributed by atoms with E-state index < -0.39 is 35.6 Å². The first-order valence-electron chi connectivity index (χ1n) is 7.28. The minimum Gasteiger partial charge on any atom is -0.480 e. The summed E-state index contributed by atoms with van der Waals surface area (Å²) in [6.07, 6.45) is 2.39. The van der Waals surface area contributed by atoms with Gasteiger partial charge in [-0.05, 0) is 12.3 Å². The van der Waals surface area contributed by atoms with E-state index in [1.54, 1.807) is 0 Å². The first-order chi connectivity index (χ1) is 10.3. The molecule has 0 saturated carbocycles. The molecule has 0 heterocycles. The Kier molecular flexibility index (Phi) is 6.84. The molecule has 1 unspecified atom stereocenters. The largest absolute Gasteiger partial charge is 0.480 e. The maximum absolute atomic E-state index is 13.4. The van der Waals surface area contributed by atoms with E-state index in [1.807, 2.05) is 20.8 Å². The van der Waals surface area contributed by atoms with Crippen molar-refractivity contribution in [2.45, 2.75) is 40.0 Å². The first kappa shape index (κ1) is 18.5. The molecule has 0 amide bonds. The standard InChI is InChI=1S/C16H20F4O2/c1-4-5-6-10(9(2)3)13(21)8-22-16-14(19)11(17)7-12(18)15(16)20/h7,9-10H,4-6,8H2,1-3H3. The van der Waals surface area contributed by atoms with Crippen molar-refractivity contribution in [2.24, 2.45) is 11.8 Å². The Labute approximate surface area is 127 Å².